The van der Waals surface area contributed by atoms with Crippen molar-refractivity contribution in [1.29, 1.82) is 0 Å². The predicted molar refractivity (Wildman–Crippen MR) is 107 cm³/mol. The molecule has 2 saturated heterocycles. The first kappa shape index (κ1) is 18.4. The lowest BCUT2D eigenvalue weighted by atomic mass is 9.87. The average molecular weight is 379 g/mol. The second-order valence-electron chi connectivity index (χ2n) is 7.24. The molecule has 1 N–H and O–H groups in total. The van der Waals surface area contributed by atoms with Crippen LogP contribution in [-0.2, 0) is 10.3 Å². The molecule has 1 aromatic heterocycles. The van der Waals surface area contributed by atoms with Crippen LogP contribution in [0.1, 0.15) is 18.9 Å². The maximum atomic E-state index is 13.2. The number of nitrogens with one attached hydrogen (secondary N) is 1. The van der Waals surface area contributed by atoms with Gasteiger partial charge in [0, 0.05) is 44.3 Å². The number of anilines is 1. The number of carbonyl (C=O) groups is 2. The molecule has 1 atom stereocenters. The van der Waals surface area contributed by atoms with Gasteiger partial charge in [-0.15, -0.1) is 0 Å². The van der Waals surface area contributed by atoms with Gasteiger partial charge in [0.25, 0.3) is 5.91 Å². The minimum absolute atomic E-state index is 0.164. The minimum Gasteiger partial charge on any atom is -0.369 e. The largest absolute Gasteiger partial charge is 0.369 e. The molecule has 4 rings (SSSR count). The summed E-state index contributed by atoms with van der Waals surface area (Å²) in [6, 6.07) is 13.2. The second-order valence-corrected chi connectivity index (χ2v) is 7.24. The molecule has 0 unspecified atom stereocenters. The van der Waals surface area contributed by atoms with Crippen LogP contribution in [0, 0.1) is 0 Å². The van der Waals surface area contributed by atoms with Crippen molar-refractivity contribution in [3.63, 3.8) is 0 Å². The van der Waals surface area contributed by atoms with Gasteiger partial charge in [0.15, 0.2) is 0 Å². The first-order chi connectivity index (χ1) is 13.6. The number of hydrogen-bond donors (Lipinski definition) is 1. The molecule has 0 saturated carbocycles. The number of nitrogens with zero attached hydrogens (tertiary/aromatic N) is 4. The predicted octanol–water partition coefficient (Wildman–Crippen LogP) is 2.02. The lowest BCUT2D eigenvalue weighted by molar-refractivity contribution is -0.133. The molecule has 0 spiro atoms. The summed E-state index contributed by atoms with van der Waals surface area (Å²) in [6.07, 6.45) is 4.11. The Hall–Kier alpha value is -2.93. The molecule has 0 aliphatic carbocycles. The monoisotopic (exact) mass is 379 g/mol. The number of aromatic nitrogens is 1. The maximum Gasteiger partial charge on any atom is 0.326 e. The van der Waals surface area contributed by atoms with Gasteiger partial charge in [-0.2, -0.15) is 0 Å². The number of piperazine rings is 1. The zero-order valence-corrected chi connectivity index (χ0v) is 16.0. The first-order valence-corrected chi connectivity index (χ1v) is 9.71. The maximum absolute atomic E-state index is 13.2. The van der Waals surface area contributed by atoms with Crippen LogP contribution in [0.3, 0.4) is 0 Å². The molecule has 0 radical (unpaired) electrons. The van der Waals surface area contributed by atoms with E-state index >= 15 is 0 Å². The summed E-state index contributed by atoms with van der Waals surface area (Å²) in [4.78, 5) is 35.7. The summed E-state index contributed by atoms with van der Waals surface area (Å²) in [5.41, 5.74) is 1.02. The molecule has 28 heavy (non-hydrogen) atoms. The summed E-state index contributed by atoms with van der Waals surface area (Å²) in [5, 5.41) is 2.95. The number of carbonyl (C=O) groups excluding carboxylic acids is 2. The number of hydrogen-bond acceptors (Lipinski definition) is 5. The van der Waals surface area contributed by atoms with E-state index in [1.165, 1.54) is 4.90 Å². The van der Waals surface area contributed by atoms with E-state index in [1.54, 1.807) is 12.4 Å². The van der Waals surface area contributed by atoms with Crippen molar-refractivity contribution in [2.24, 2.45) is 0 Å². The van der Waals surface area contributed by atoms with Crippen molar-refractivity contribution in [3.05, 3.63) is 60.4 Å². The average Bonchev–Trinajstić information content (AvgIpc) is 3.00. The van der Waals surface area contributed by atoms with Crippen molar-refractivity contribution in [1.82, 2.24) is 20.1 Å². The molecule has 2 fully saturated rings. The van der Waals surface area contributed by atoms with Crippen molar-refractivity contribution >= 4 is 17.6 Å². The smallest absolute Gasteiger partial charge is 0.326 e. The SMILES string of the molecule is CC[C@@]1(c2ccccc2)NC(=O)N(CN2CCN(c3ccncc3)CC2)C1=O. The van der Waals surface area contributed by atoms with Crippen LogP contribution >= 0.6 is 0 Å². The molecule has 3 heterocycles. The number of pyridine rings is 1. The molecule has 7 heteroatoms. The molecule has 1 aromatic carbocycles. The Morgan fingerprint density at radius 1 is 1.00 bits per heavy atom. The third-order valence-electron chi connectivity index (χ3n) is 5.71. The number of imide groups is 1. The topological polar surface area (TPSA) is 68.8 Å². The summed E-state index contributed by atoms with van der Waals surface area (Å²) in [6.45, 7) is 5.55. The fraction of sp³-hybridized carbons (Fsp3) is 0.381. The van der Waals surface area contributed by atoms with Crippen molar-refractivity contribution in [2.75, 3.05) is 37.7 Å². The summed E-state index contributed by atoms with van der Waals surface area (Å²) in [7, 11) is 0. The van der Waals surface area contributed by atoms with Crippen LogP contribution in [0.5, 0.6) is 0 Å². The third kappa shape index (κ3) is 3.22. The number of urea groups is 1. The summed E-state index contributed by atoms with van der Waals surface area (Å²) < 4.78 is 0. The Morgan fingerprint density at radius 2 is 1.68 bits per heavy atom. The van der Waals surface area contributed by atoms with Gasteiger partial charge in [0.05, 0.1) is 6.67 Å². The van der Waals surface area contributed by atoms with Crippen LogP contribution in [0.4, 0.5) is 10.5 Å². The van der Waals surface area contributed by atoms with E-state index in [2.05, 4.69) is 20.1 Å². The number of benzene rings is 1. The Balaban J connectivity index is 1.43. The van der Waals surface area contributed by atoms with Crippen LogP contribution in [0.15, 0.2) is 54.9 Å². The van der Waals surface area contributed by atoms with Crippen LogP contribution in [-0.4, -0.2) is 59.6 Å². The van der Waals surface area contributed by atoms with Gasteiger partial charge in [0.2, 0.25) is 0 Å². The lowest BCUT2D eigenvalue weighted by Crippen LogP contribution is -2.51. The second kappa shape index (κ2) is 7.59. The van der Waals surface area contributed by atoms with Crippen LogP contribution < -0.4 is 10.2 Å². The molecule has 2 aliphatic rings. The summed E-state index contributed by atoms with van der Waals surface area (Å²) in [5.74, 6) is -0.164. The standard InChI is InChI=1S/C21H25N5O2/c1-2-21(17-6-4-3-5-7-17)19(27)26(20(28)23-21)16-24-12-14-25(15-13-24)18-8-10-22-11-9-18/h3-11H,2,12-16H2,1H3,(H,23,28)/t21-/m0/s1. The Labute approximate surface area is 164 Å². The highest BCUT2D eigenvalue weighted by Gasteiger charge is 2.51. The van der Waals surface area contributed by atoms with E-state index in [1.807, 2.05) is 49.4 Å². The zero-order valence-electron chi connectivity index (χ0n) is 16.0. The Kier molecular flexibility index (Phi) is 5.00. The summed E-state index contributed by atoms with van der Waals surface area (Å²) >= 11 is 0. The van der Waals surface area contributed by atoms with Crippen LogP contribution in [0.25, 0.3) is 0 Å². The number of rotatable bonds is 5. The van der Waals surface area contributed by atoms with E-state index in [9.17, 15) is 9.59 Å². The van der Waals surface area contributed by atoms with E-state index in [0.717, 1.165) is 37.4 Å². The van der Waals surface area contributed by atoms with Crippen LogP contribution in [0.2, 0.25) is 0 Å². The zero-order chi connectivity index (χ0) is 19.6. The molecular formula is C21H25N5O2. The highest BCUT2D eigenvalue weighted by atomic mass is 16.2. The van der Waals surface area contributed by atoms with E-state index < -0.39 is 5.54 Å². The van der Waals surface area contributed by atoms with Gasteiger partial charge >= 0.3 is 6.03 Å². The molecular weight excluding hydrogens is 354 g/mol. The van der Waals surface area contributed by atoms with Gasteiger partial charge in [-0.05, 0) is 24.1 Å². The highest BCUT2D eigenvalue weighted by molar-refractivity contribution is 6.07. The van der Waals surface area contributed by atoms with Gasteiger partial charge in [0.1, 0.15) is 5.54 Å². The van der Waals surface area contributed by atoms with Gasteiger partial charge in [-0.25, -0.2) is 9.69 Å². The van der Waals surface area contributed by atoms with Crippen molar-refractivity contribution in [3.8, 4) is 0 Å². The van der Waals surface area contributed by atoms with E-state index in [-0.39, 0.29) is 11.9 Å². The third-order valence-corrected chi connectivity index (χ3v) is 5.71. The quantitative estimate of drug-likeness (QED) is 0.805. The first-order valence-electron chi connectivity index (χ1n) is 9.71. The molecule has 2 aromatic rings. The Morgan fingerprint density at radius 3 is 2.32 bits per heavy atom. The highest BCUT2D eigenvalue weighted by Crippen LogP contribution is 2.32. The van der Waals surface area contributed by atoms with Gasteiger partial charge in [-0.1, -0.05) is 37.3 Å². The fourth-order valence-electron chi connectivity index (χ4n) is 4.02. The fourth-order valence-corrected chi connectivity index (χ4v) is 4.02. The van der Waals surface area contributed by atoms with Gasteiger partial charge < -0.3 is 10.2 Å². The molecule has 0 bridgehead atoms. The molecule has 2 aliphatic heterocycles. The molecule has 3 amide bonds. The van der Waals surface area contributed by atoms with E-state index in [0.29, 0.717) is 13.1 Å². The van der Waals surface area contributed by atoms with Gasteiger partial charge in [-0.3, -0.25) is 14.7 Å². The Bertz CT molecular complexity index is 836. The molecule has 7 nitrogen and oxygen atoms in total. The molecule has 146 valence electrons. The minimum atomic E-state index is -0.961. The lowest BCUT2D eigenvalue weighted by Gasteiger charge is -2.37. The number of amides is 3. The van der Waals surface area contributed by atoms with Crippen molar-refractivity contribution in [2.45, 2.75) is 18.9 Å². The van der Waals surface area contributed by atoms with E-state index in [4.69, 9.17) is 0 Å². The van der Waals surface area contributed by atoms with Crippen molar-refractivity contribution < 1.29 is 9.59 Å². The normalized spacial score (nSPS) is 23.2.